The van der Waals surface area contributed by atoms with Gasteiger partial charge in [0.2, 0.25) is 0 Å². The van der Waals surface area contributed by atoms with Gasteiger partial charge in [-0.05, 0) is 26.5 Å². The largest absolute Gasteiger partial charge is 0.434 e. The molecule has 0 bridgehead atoms. The second-order valence-electron chi connectivity index (χ2n) is 3.70. The Balaban J connectivity index is 2.97. The number of benzene rings is 1. The maximum absolute atomic E-state index is 12.2. The van der Waals surface area contributed by atoms with Gasteiger partial charge in [-0.1, -0.05) is 24.6 Å². The third kappa shape index (κ3) is 3.45. The molecule has 0 aliphatic rings. The van der Waals surface area contributed by atoms with Gasteiger partial charge in [0.1, 0.15) is 5.75 Å². The van der Waals surface area contributed by atoms with E-state index in [9.17, 15) is 8.78 Å². The van der Waals surface area contributed by atoms with E-state index in [4.69, 9.17) is 0 Å². The maximum Gasteiger partial charge on any atom is 0.387 e. The summed E-state index contributed by atoms with van der Waals surface area (Å²) in [6.45, 7) is 3.82. The normalized spacial score (nSPS) is 12.9. The van der Waals surface area contributed by atoms with Crippen LogP contribution >= 0.6 is 0 Å². The van der Waals surface area contributed by atoms with Crippen LogP contribution in [0.5, 0.6) is 5.75 Å². The van der Waals surface area contributed by atoms with Crippen molar-refractivity contribution < 1.29 is 13.5 Å². The minimum Gasteiger partial charge on any atom is -0.434 e. The Morgan fingerprint density at radius 3 is 2.62 bits per heavy atom. The molecule has 4 heteroatoms. The van der Waals surface area contributed by atoms with Gasteiger partial charge in [-0.3, -0.25) is 0 Å². The summed E-state index contributed by atoms with van der Waals surface area (Å²) in [5.41, 5.74) is 1.79. The maximum atomic E-state index is 12.2. The van der Waals surface area contributed by atoms with E-state index >= 15 is 0 Å². The molecule has 0 heterocycles. The molecule has 16 heavy (non-hydrogen) atoms. The van der Waals surface area contributed by atoms with Crippen molar-refractivity contribution in [1.82, 2.24) is 5.32 Å². The molecule has 1 unspecified atom stereocenters. The zero-order valence-corrected chi connectivity index (χ0v) is 9.76. The second-order valence-corrected chi connectivity index (χ2v) is 3.70. The first-order valence-electron chi connectivity index (χ1n) is 5.33. The number of rotatable bonds is 5. The first-order chi connectivity index (χ1) is 7.54. The van der Waals surface area contributed by atoms with E-state index in [0.717, 1.165) is 17.7 Å². The first kappa shape index (κ1) is 12.9. The summed E-state index contributed by atoms with van der Waals surface area (Å²) >= 11 is 0. The number of aryl methyl sites for hydroxylation is 1. The van der Waals surface area contributed by atoms with Crippen molar-refractivity contribution >= 4 is 0 Å². The Bertz CT molecular complexity index is 342. The molecule has 2 nitrogen and oxygen atoms in total. The van der Waals surface area contributed by atoms with E-state index in [-0.39, 0.29) is 11.8 Å². The highest BCUT2D eigenvalue weighted by Crippen LogP contribution is 2.27. The summed E-state index contributed by atoms with van der Waals surface area (Å²) in [6, 6.07) is 5.22. The van der Waals surface area contributed by atoms with Crippen LogP contribution in [0.25, 0.3) is 0 Å². The first-order valence-corrected chi connectivity index (χ1v) is 5.33. The predicted octanol–water partition coefficient (Wildman–Crippen LogP) is 3.27. The fourth-order valence-electron chi connectivity index (χ4n) is 1.63. The Kier molecular flexibility index (Phi) is 4.68. The van der Waals surface area contributed by atoms with Crippen molar-refractivity contribution in [3.63, 3.8) is 0 Å². The minimum atomic E-state index is -2.78. The zero-order valence-electron chi connectivity index (χ0n) is 9.76. The summed E-state index contributed by atoms with van der Waals surface area (Å²) in [5, 5.41) is 3.18. The highest BCUT2D eigenvalue weighted by Gasteiger charge is 2.14. The fraction of sp³-hybridized carbons (Fsp3) is 0.500. The van der Waals surface area contributed by atoms with Crippen molar-refractivity contribution in [3.8, 4) is 5.75 Å². The third-order valence-electron chi connectivity index (χ3n) is 2.36. The van der Waals surface area contributed by atoms with Gasteiger partial charge in [0.25, 0.3) is 0 Å². The van der Waals surface area contributed by atoms with Gasteiger partial charge in [-0.2, -0.15) is 8.78 Å². The molecule has 1 rings (SSSR count). The van der Waals surface area contributed by atoms with Crippen LogP contribution in [0.15, 0.2) is 18.2 Å². The van der Waals surface area contributed by atoms with E-state index in [1.807, 2.05) is 26.8 Å². The number of hydrogen-bond donors (Lipinski definition) is 1. The highest BCUT2D eigenvalue weighted by atomic mass is 19.3. The van der Waals surface area contributed by atoms with Crippen molar-refractivity contribution in [2.45, 2.75) is 33.4 Å². The number of halogens is 2. The highest BCUT2D eigenvalue weighted by molar-refractivity contribution is 5.38. The van der Waals surface area contributed by atoms with Crippen LogP contribution in [0, 0.1) is 6.92 Å². The Morgan fingerprint density at radius 1 is 1.38 bits per heavy atom. The number of hydrogen-bond acceptors (Lipinski definition) is 2. The molecule has 0 aromatic heterocycles. The van der Waals surface area contributed by atoms with Crippen LogP contribution in [-0.4, -0.2) is 13.2 Å². The molecule has 90 valence electrons. The second kappa shape index (κ2) is 5.80. The summed E-state index contributed by atoms with van der Waals surface area (Å²) in [4.78, 5) is 0. The van der Waals surface area contributed by atoms with Gasteiger partial charge in [0.15, 0.2) is 0 Å². The SMILES string of the molecule is CCNC(C)c1cc(C)ccc1OC(F)F. The Hall–Kier alpha value is -1.16. The van der Waals surface area contributed by atoms with Crippen molar-refractivity contribution in [1.29, 1.82) is 0 Å². The van der Waals surface area contributed by atoms with Gasteiger partial charge in [0.05, 0.1) is 0 Å². The van der Waals surface area contributed by atoms with Crippen LogP contribution in [0.2, 0.25) is 0 Å². The standard InChI is InChI=1S/C12H17F2NO/c1-4-15-9(3)10-7-8(2)5-6-11(10)16-12(13)14/h5-7,9,12,15H,4H2,1-3H3. The lowest BCUT2D eigenvalue weighted by molar-refractivity contribution is -0.0506. The smallest absolute Gasteiger partial charge is 0.387 e. The molecule has 0 amide bonds. The Morgan fingerprint density at radius 2 is 2.06 bits per heavy atom. The van der Waals surface area contributed by atoms with Gasteiger partial charge in [0, 0.05) is 11.6 Å². The van der Waals surface area contributed by atoms with E-state index in [1.165, 1.54) is 0 Å². The molecular formula is C12H17F2NO. The van der Waals surface area contributed by atoms with E-state index in [0.29, 0.717) is 0 Å². The van der Waals surface area contributed by atoms with Crippen molar-refractivity contribution in [2.75, 3.05) is 6.54 Å². The molecule has 1 atom stereocenters. The van der Waals surface area contributed by atoms with Crippen molar-refractivity contribution in [3.05, 3.63) is 29.3 Å². The molecule has 0 aliphatic heterocycles. The predicted molar refractivity (Wildman–Crippen MR) is 59.9 cm³/mol. The lowest BCUT2D eigenvalue weighted by atomic mass is 10.0. The molecule has 1 aromatic carbocycles. The van der Waals surface area contributed by atoms with Crippen molar-refractivity contribution in [2.24, 2.45) is 0 Å². The van der Waals surface area contributed by atoms with Crippen LogP contribution in [0.4, 0.5) is 8.78 Å². The topological polar surface area (TPSA) is 21.3 Å². The van der Waals surface area contributed by atoms with Crippen LogP contribution in [-0.2, 0) is 0 Å². The third-order valence-corrected chi connectivity index (χ3v) is 2.36. The monoisotopic (exact) mass is 229 g/mol. The lowest BCUT2D eigenvalue weighted by Crippen LogP contribution is -2.19. The Labute approximate surface area is 94.6 Å². The summed E-state index contributed by atoms with van der Waals surface area (Å²) in [6.07, 6.45) is 0. The summed E-state index contributed by atoms with van der Waals surface area (Å²) in [7, 11) is 0. The van der Waals surface area contributed by atoms with E-state index < -0.39 is 6.61 Å². The average Bonchev–Trinajstić information content (AvgIpc) is 2.20. The van der Waals surface area contributed by atoms with Gasteiger partial charge in [-0.25, -0.2) is 0 Å². The minimum absolute atomic E-state index is 0.00125. The molecule has 0 aliphatic carbocycles. The molecule has 0 radical (unpaired) electrons. The number of ether oxygens (including phenoxy) is 1. The quantitative estimate of drug-likeness (QED) is 0.836. The molecule has 0 fully saturated rings. The molecular weight excluding hydrogens is 212 g/mol. The van der Waals surface area contributed by atoms with Crippen LogP contribution in [0.1, 0.15) is 31.0 Å². The number of alkyl halides is 2. The zero-order chi connectivity index (χ0) is 12.1. The van der Waals surface area contributed by atoms with Crippen LogP contribution in [0.3, 0.4) is 0 Å². The van der Waals surface area contributed by atoms with Gasteiger partial charge < -0.3 is 10.1 Å². The molecule has 1 N–H and O–H groups in total. The summed E-state index contributed by atoms with van der Waals surface area (Å²) < 4.78 is 28.9. The van der Waals surface area contributed by atoms with E-state index in [2.05, 4.69) is 10.1 Å². The molecule has 0 spiro atoms. The van der Waals surface area contributed by atoms with Gasteiger partial charge in [-0.15, -0.1) is 0 Å². The number of nitrogens with one attached hydrogen (secondary N) is 1. The molecule has 0 saturated carbocycles. The average molecular weight is 229 g/mol. The molecule has 0 saturated heterocycles. The lowest BCUT2D eigenvalue weighted by Gasteiger charge is -2.17. The van der Waals surface area contributed by atoms with Gasteiger partial charge >= 0.3 is 6.61 Å². The van der Waals surface area contributed by atoms with Crippen LogP contribution < -0.4 is 10.1 Å². The fourth-order valence-corrected chi connectivity index (χ4v) is 1.63. The summed E-state index contributed by atoms with van der Waals surface area (Å²) in [5.74, 6) is 0.244. The molecule has 1 aromatic rings. The van der Waals surface area contributed by atoms with E-state index in [1.54, 1.807) is 12.1 Å².